The van der Waals surface area contributed by atoms with E-state index in [0.717, 1.165) is 0 Å². The zero-order valence-corrected chi connectivity index (χ0v) is 13.4. The molecule has 5 heteroatoms. The average molecular weight is 308 g/mol. The van der Waals surface area contributed by atoms with Crippen LogP contribution in [-0.2, 0) is 0 Å². The second-order valence-electron chi connectivity index (χ2n) is 5.10. The van der Waals surface area contributed by atoms with Gasteiger partial charge in [0.15, 0.2) is 0 Å². The van der Waals surface area contributed by atoms with Gasteiger partial charge in [0.2, 0.25) is 0 Å². The molecule has 18 heavy (non-hydrogen) atoms. The molecule has 0 aliphatic rings. The van der Waals surface area contributed by atoms with Crippen LogP contribution in [0, 0.1) is 17.8 Å². The van der Waals surface area contributed by atoms with Crippen molar-refractivity contribution in [3.05, 3.63) is 20.3 Å². The minimum atomic E-state index is -0.144. The Morgan fingerprint density at radius 2 is 1.83 bits per heavy atom. The lowest BCUT2D eigenvalue weighted by Gasteiger charge is -2.24. The van der Waals surface area contributed by atoms with E-state index in [4.69, 9.17) is 23.2 Å². The zero-order valence-electron chi connectivity index (χ0n) is 11.1. The lowest BCUT2D eigenvalue weighted by molar-refractivity contribution is 0.0938. The van der Waals surface area contributed by atoms with Crippen molar-refractivity contribution in [2.45, 2.75) is 27.7 Å². The highest BCUT2D eigenvalue weighted by atomic mass is 35.5. The Kier molecular flexibility index (Phi) is 5.96. The largest absolute Gasteiger partial charge is 0.352 e. The maximum atomic E-state index is 12.0. The number of nitrogens with one attached hydrogen (secondary N) is 1. The highest BCUT2D eigenvalue weighted by Crippen LogP contribution is 2.31. The van der Waals surface area contributed by atoms with Crippen molar-refractivity contribution in [2.75, 3.05) is 6.54 Å². The molecule has 0 aliphatic carbocycles. The summed E-state index contributed by atoms with van der Waals surface area (Å²) in [6.07, 6.45) is 0. The number of hydrogen-bond donors (Lipinski definition) is 1. The van der Waals surface area contributed by atoms with Gasteiger partial charge in [0.05, 0.1) is 9.90 Å². The van der Waals surface area contributed by atoms with E-state index < -0.39 is 0 Å². The van der Waals surface area contributed by atoms with Crippen LogP contribution in [0.1, 0.15) is 38.1 Å². The van der Waals surface area contributed by atoms with Gasteiger partial charge in [-0.3, -0.25) is 4.79 Å². The average Bonchev–Trinajstić information content (AvgIpc) is 2.56. The Labute approximate surface area is 123 Å². The molecule has 0 aromatic carbocycles. The van der Waals surface area contributed by atoms with Gasteiger partial charge >= 0.3 is 0 Å². The predicted molar refractivity (Wildman–Crippen MR) is 79.8 cm³/mol. The molecule has 1 amide bonds. The van der Waals surface area contributed by atoms with Gasteiger partial charge in [0.25, 0.3) is 5.91 Å². The fraction of sp³-hybridized carbons (Fsp3) is 0.615. The van der Waals surface area contributed by atoms with Gasteiger partial charge in [-0.1, -0.05) is 50.9 Å². The Balaban J connectivity index is 2.63. The summed E-state index contributed by atoms with van der Waals surface area (Å²) >= 11 is 13.0. The fourth-order valence-corrected chi connectivity index (χ4v) is 3.50. The molecule has 0 atom stereocenters. The highest BCUT2D eigenvalue weighted by Gasteiger charge is 2.20. The lowest BCUT2D eigenvalue weighted by Crippen LogP contribution is -2.33. The fourth-order valence-electron chi connectivity index (χ4n) is 2.04. The van der Waals surface area contributed by atoms with Gasteiger partial charge < -0.3 is 5.32 Å². The van der Waals surface area contributed by atoms with Crippen molar-refractivity contribution in [3.63, 3.8) is 0 Å². The molecule has 0 bridgehead atoms. The summed E-state index contributed by atoms with van der Waals surface area (Å²) in [5, 5.41) is 2.94. The Morgan fingerprint density at radius 3 is 2.22 bits per heavy atom. The minimum absolute atomic E-state index is 0.144. The molecular weight excluding hydrogens is 289 g/mol. The molecule has 2 nitrogen and oxygen atoms in total. The van der Waals surface area contributed by atoms with E-state index in [1.807, 2.05) is 0 Å². The molecule has 1 rings (SSSR count). The summed E-state index contributed by atoms with van der Waals surface area (Å²) < 4.78 is 0.984. The van der Waals surface area contributed by atoms with Gasteiger partial charge in [-0.25, -0.2) is 0 Å². The number of halogens is 2. The molecule has 1 N–H and O–H groups in total. The van der Waals surface area contributed by atoms with Crippen molar-refractivity contribution in [2.24, 2.45) is 17.8 Å². The second kappa shape index (κ2) is 6.78. The maximum Gasteiger partial charge on any atom is 0.253 e. The molecule has 102 valence electrons. The standard InChI is InChI=1S/C13H19Cl2NOS/c1-7(2)10(8(3)4)6-16-13(17)9-5-11(14)18-12(9)15/h5,7-8,10H,6H2,1-4H3,(H,16,17). The predicted octanol–water partition coefficient (Wildman–Crippen LogP) is 4.71. The first-order valence-electron chi connectivity index (χ1n) is 6.06. The maximum absolute atomic E-state index is 12.0. The van der Waals surface area contributed by atoms with Crippen molar-refractivity contribution in [1.82, 2.24) is 5.32 Å². The molecule has 0 saturated heterocycles. The monoisotopic (exact) mass is 307 g/mol. The Morgan fingerprint density at radius 1 is 1.28 bits per heavy atom. The van der Waals surface area contributed by atoms with Crippen molar-refractivity contribution in [1.29, 1.82) is 0 Å². The van der Waals surface area contributed by atoms with Crippen LogP contribution in [-0.4, -0.2) is 12.5 Å². The summed E-state index contributed by atoms with van der Waals surface area (Å²) in [7, 11) is 0. The van der Waals surface area contributed by atoms with Crippen LogP contribution in [0.25, 0.3) is 0 Å². The molecule has 0 radical (unpaired) electrons. The Bertz CT molecular complexity index is 407. The van der Waals surface area contributed by atoms with Crippen LogP contribution in [0.2, 0.25) is 8.67 Å². The van der Waals surface area contributed by atoms with Gasteiger partial charge in [-0.2, -0.15) is 0 Å². The molecule has 1 aromatic rings. The zero-order chi connectivity index (χ0) is 13.9. The van der Waals surface area contributed by atoms with E-state index in [1.54, 1.807) is 6.07 Å². The van der Waals surface area contributed by atoms with Gasteiger partial charge in [-0.05, 0) is 23.8 Å². The second-order valence-corrected chi connectivity index (χ2v) is 7.39. The van der Waals surface area contributed by atoms with Gasteiger partial charge in [0.1, 0.15) is 4.34 Å². The molecule has 1 aromatic heterocycles. The SMILES string of the molecule is CC(C)C(CNC(=O)c1cc(Cl)sc1Cl)C(C)C. The van der Waals surface area contributed by atoms with Crippen molar-refractivity contribution >= 4 is 40.4 Å². The molecule has 0 unspecified atom stereocenters. The summed E-state index contributed by atoms with van der Waals surface area (Å²) in [6.45, 7) is 9.35. The molecular formula is C13H19Cl2NOS. The number of carbonyl (C=O) groups excluding carboxylic acids is 1. The number of amides is 1. The smallest absolute Gasteiger partial charge is 0.253 e. The van der Waals surface area contributed by atoms with Gasteiger partial charge in [0, 0.05) is 6.54 Å². The Hall–Kier alpha value is -0.250. The topological polar surface area (TPSA) is 29.1 Å². The first kappa shape index (κ1) is 15.8. The van der Waals surface area contributed by atoms with Crippen LogP contribution in [0.4, 0.5) is 0 Å². The lowest BCUT2D eigenvalue weighted by atomic mass is 9.85. The minimum Gasteiger partial charge on any atom is -0.352 e. The number of carbonyl (C=O) groups is 1. The number of hydrogen-bond acceptors (Lipinski definition) is 2. The van der Waals surface area contributed by atoms with E-state index in [1.165, 1.54) is 11.3 Å². The molecule has 0 spiro atoms. The van der Waals surface area contributed by atoms with Crippen LogP contribution >= 0.6 is 34.5 Å². The van der Waals surface area contributed by atoms with Crippen LogP contribution in [0.15, 0.2) is 6.07 Å². The first-order chi connectivity index (χ1) is 8.32. The van der Waals surface area contributed by atoms with Crippen LogP contribution < -0.4 is 5.32 Å². The number of rotatable bonds is 5. The summed E-state index contributed by atoms with van der Waals surface area (Å²) in [6, 6.07) is 1.61. The highest BCUT2D eigenvalue weighted by molar-refractivity contribution is 7.20. The normalized spacial score (nSPS) is 11.6. The van der Waals surface area contributed by atoms with E-state index >= 15 is 0 Å². The van der Waals surface area contributed by atoms with Crippen LogP contribution in [0.3, 0.4) is 0 Å². The quantitative estimate of drug-likeness (QED) is 0.838. The van der Waals surface area contributed by atoms with E-state index in [2.05, 4.69) is 33.0 Å². The number of thiophene rings is 1. The third kappa shape index (κ3) is 4.15. The van der Waals surface area contributed by atoms with E-state index in [0.29, 0.717) is 38.5 Å². The summed E-state index contributed by atoms with van der Waals surface area (Å²) in [4.78, 5) is 12.0. The van der Waals surface area contributed by atoms with E-state index in [-0.39, 0.29) is 5.91 Å². The molecule has 0 saturated carbocycles. The first-order valence-corrected chi connectivity index (χ1v) is 7.63. The summed E-state index contributed by atoms with van der Waals surface area (Å²) in [5.41, 5.74) is 0.470. The molecule has 1 heterocycles. The molecule has 0 fully saturated rings. The van der Waals surface area contributed by atoms with E-state index in [9.17, 15) is 4.79 Å². The third-order valence-electron chi connectivity index (χ3n) is 3.11. The van der Waals surface area contributed by atoms with Crippen molar-refractivity contribution < 1.29 is 4.79 Å². The van der Waals surface area contributed by atoms with Crippen molar-refractivity contribution in [3.8, 4) is 0 Å². The third-order valence-corrected chi connectivity index (χ3v) is 4.60. The van der Waals surface area contributed by atoms with Gasteiger partial charge in [-0.15, -0.1) is 11.3 Å². The summed E-state index contributed by atoms with van der Waals surface area (Å²) in [5.74, 6) is 1.38. The van der Waals surface area contributed by atoms with Crippen LogP contribution in [0.5, 0.6) is 0 Å². The molecule has 0 aliphatic heterocycles.